The third kappa shape index (κ3) is 5.78. The van der Waals surface area contributed by atoms with Crippen molar-refractivity contribution in [2.24, 2.45) is 11.1 Å². The number of amides is 1. The second-order valence-electron chi connectivity index (χ2n) is 6.10. The highest BCUT2D eigenvalue weighted by atomic mass is 32.2. The van der Waals surface area contributed by atoms with E-state index in [2.05, 4.69) is 9.46 Å². The fourth-order valence-electron chi connectivity index (χ4n) is 2.19. The molecule has 0 aromatic rings. The average molecular weight is 337 g/mol. The van der Waals surface area contributed by atoms with Crippen LogP contribution in [0.3, 0.4) is 0 Å². The van der Waals surface area contributed by atoms with Gasteiger partial charge in [-0.25, -0.2) is 9.93 Å². The number of carbonyl (C=O) groups is 2. The van der Waals surface area contributed by atoms with Crippen LogP contribution in [-0.4, -0.2) is 50.8 Å². The molecule has 1 rings (SSSR count). The highest BCUT2D eigenvalue weighted by molar-refractivity contribution is 7.87. The number of hydrogen-bond acceptors (Lipinski definition) is 6. The maximum absolute atomic E-state index is 12.2. The molecule has 1 aliphatic rings. The first-order chi connectivity index (χ1) is 9.93. The van der Waals surface area contributed by atoms with Gasteiger partial charge < -0.3 is 9.47 Å². The van der Waals surface area contributed by atoms with E-state index < -0.39 is 40.0 Å². The number of nitrogens with one attached hydrogen (secondary N) is 1. The maximum Gasteiger partial charge on any atom is 0.411 e. The fourth-order valence-corrected chi connectivity index (χ4v) is 2.79. The maximum atomic E-state index is 12.2. The molecule has 0 radical (unpaired) electrons. The first-order valence-electron chi connectivity index (χ1n) is 6.80. The smallest absolute Gasteiger partial charge is 0.411 e. The molecule has 0 bridgehead atoms. The summed E-state index contributed by atoms with van der Waals surface area (Å²) in [5, 5.41) is 4.98. The Balaban J connectivity index is 2.90. The van der Waals surface area contributed by atoms with Crippen LogP contribution in [0.25, 0.3) is 0 Å². The lowest BCUT2D eigenvalue weighted by atomic mass is 9.95. The van der Waals surface area contributed by atoms with Gasteiger partial charge in [0.15, 0.2) is 0 Å². The monoisotopic (exact) mass is 337 g/mol. The number of likely N-dealkylation sites (tertiary alicyclic amines) is 1. The summed E-state index contributed by atoms with van der Waals surface area (Å²) in [4.78, 5) is 25.0. The zero-order chi connectivity index (χ0) is 17.1. The Morgan fingerprint density at radius 2 is 1.91 bits per heavy atom. The van der Waals surface area contributed by atoms with Gasteiger partial charge in [-0.15, -0.1) is 0 Å². The Morgan fingerprint density at radius 3 is 2.36 bits per heavy atom. The van der Waals surface area contributed by atoms with Gasteiger partial charge in [-0.3, -0.25) is 9.69 Å². The Morgan fingerprint density at radius 1 is 1.32 bits per heavy atom. The number of esters is 1. The Hall–Kier alpha value is -1.39. The third-order valence-corrected chi connectivity index (χ3v) is 3.67. The molecular weight excluding hydrogens is 314 g/mol. The van der Waals surface area contributed by atoms with E-state index in [1.54, 1.807) is 20.8 Å². The minimum atomic E-state index is -4.04. The van der Waals surface area contributed by atoms with Crippen LogP contribution in [0.4, 0.5) is 4.79 Å². The summed E-state index contributed by atoms with van der Waals surface area (Å²) in [6.07, 6.45) is -1.20. The lowest BCUT2D eigenvalue weighted by Gasteiger charge is -2.38. The van der Waals surface area contributed by atoms with E-state index in [1.807, 2.05) is 0 Å². The summed E-state index contributed by atoms with van der Waals surface area (Å²) in [6, 6.07) is 0. The van der Waals surface area contributed by atoms with Crippen molar-refractivity contribution in [3.63, 3.8) is 0 Å². The van der Waals surface area contributed by atoms with E-state index in [-0.39, 0.29) is 13.0 Å². The fraction of sp³-hybridized carbons (Fsp3) is 0.833. The van der Waals surface area contributed by atoms with E-state index in [9.17, 15) is 18.0 Å². The Kier molecular flexibility index (Phi) is 5.76. The van der Waals surface area contributed by atoms with Crippen LogP contribution < -0.4 is 9.86 Å². The molecule has 1 amide bonds. The molecule has 0 aliphatic carbocycles. The van der Waals surface area contributed by atoms with Crippen molar-refractivity contribution >= 4 is 22.3 Å². The SMILES string of the molecule is COC(=O)C1CCN(C(=O)OC(C)(C)C)C(NS(N)(=O)=O)C1. The van der Waals surface area contributed by atoms with Crippen LogP contribution in [0.5, 0.6) is 0 Å². The van der Waals surface area contributed by atoms with Gasteiger partial charge in [0.1, 0.15) is 11.8 Å². The molecule has 0 aromatic heterocycles. The molecule has 2 unspecified atom stereocenters. The summed E-state index contributed by atoms with van der Waals surface area (Å²) in [7, 11) is -2.79. The molecule has 0 spiro atoms. The normalized spacial score (nSPS) is 23.0. The van der Waals surface area contributed by atoms with Gasteiger partial charge in [-0.05, 0) is 33.6 Å². The number of piperidine rings is 1. The van der Waals surface area contributed by atoms with E-state index >= 15 is 0 Å². The summed E-state index contributed by atoms with van der Waals surface area (Å²) in [5.74, 6) is -0.965. The van der Waals surface area contributed by atoms with Crippen molar-refractivity contribution in [1.82, 2.24) is 9.62 Å². The molecule has 1 aliphatic heterocycles. The summed E-state index contributed by atoms with van der Waals surface area (Å²) >= 11 is 0. The molecule has 9 nitrogen and oxygen atoms in total. The second-order valence-corrected chi connectivity index (χ2v) is 7.42. The lowest BCUT2D eigenvalue weighted by molar-refractivity contribution is -0.148. The molecular formula is C12H23N3O6S. The van der Waals surface area contributed by atoms with Crippen LogP contribution in [0.2, 0.25) is 0 Å². The molecule has 1 heterocycles. The van der Waals surface area contributed by atoms with E-state index in [0.29, 0.717) is 6.42 Å². The van der Waals surface area contributed by atoms with Gasteiger partial charge in [0.05, 0.1) is 13.0 Å². The van der Waals surface area contributed by atoms with Crippen molar-refractivity contribution in [2.45, 2.75) is 45.4 Å². The topological polar surface area (TPSA) is 128 Å². The summed E-state index contributed by atoms with van der Waals surface area (Å²) < 4.78 is 34.6. The van der Waals surface area contributed by atoms with Crippen molar-refractivity contribution in [3.05, 3.63) is 0 Å². The predicted octanol–water partition coefficient (Wildman–Crippen LogP) is -0.0743. The van der Waals surface area contributed by atoms with Gasteiger partial charge >= 0.3 is 12.1 Å². The molecule has 128 valence electrons. The van der Waals surface area contributed by atoms with E-state index in [0.717, 1.165) is 0 Å². The second kappa shape index (κ2) is 6.80. The number of ether oxygens (including phenoxy) is 2. The zero-order valence-corrected chi connectivity index (χ0v) is 14.0. The number of hydrogen-bond donors (Lipinski definition) is 2. The molecule has 0 aromatic carbocycles. The minimum absolute atomic E-state index is 0.0718. The number of carbonyl (C=O) groups excluding carboxylic acids is 2. The highest BCUT2D eigenvalue weighted by Gasteiger charge is 2.38. The van der Waals surface area contributed by atoms with Crippen molar-refractivity contribution in [3.8, 4) is 0 Å². The van der Waals surface area contributed by atoms with Gasteiger partial charge in [-0.1, -0.05) is 0 Å². The standard InChI is InChI=1S/C12H23N3O6S/c1-12(2,3)21-11(17)15-6-5-8(10(16)20-4)7-9(15)14-22(13,18)19/h8-9,14H,5-7H2,1-4H3,(H2,13,18,19). The van der Waals surface area contributed by atoms with E-state index in [1.165, 1.54) is 12.0 Å². The molecule has 1 saturated heterocycles. The van der Waals surface area contributed by atoms with Crippen LogP contribution >= 0.6 is 0 Å². The molecule has 3 N–H and O–H groups in total. The van der Waals surface area contributed by atoms with Crippen molar-refractivity contribution < 1.29 is 27.5 Å². The number of nitrogens with zero attached hydrogens (tertiary/aromatic N) is 1. The van der Waals surface area contributed by atoms with Crippen molar-refractivity contribution in [1.29, 1.82) is 0 Å². The van der Waals surface area contributed by atoms with Gasteiger partial charge in [0.25, 0.3) is 10.2 Å². The molecule has 0 saturated carbocycles. The lowest BCUT2D eigenvalue weighted by Crippen LogP contribution is -2.57. The predicted molar refractivity (Wildman–Crippen MR) is 77.7 cm³/mol. The minimum Gasteiger partial charge on any atom is -0.469 e. The molecule has 22 heavy (non-hydrogen) atoms. The number of rotatable bonds is 3. The zero-order valence-electron chi connectivity index (χ0n) is 13.2. The third-order valence-electron chi connectivity index (χ3n) is 3.07. The quantitative estimate of drug-likeness (QED) is 0.694. The first kappa shape index (κ1) is 18.7. The van der Waals surface area contributed by atoms with E-state index in [4.69, 9.17) is 9.88 Å². The van der Waals surface area contributed by atoms with Crippen LogP contribution in [-0.2, 0) is 24.5 Å². The Labute approximate surface area is 130 Å². The van der Waals surface area contributed by atoms with Gasteiger partial charge in [0.2, 0.25) is 0 Å². The van der Waals surface area contributed by atoms with Crippen LogP contribution in [0.15, 0.2) is 0 Å². The molecule has 1 fully saturated rings. The van der Waals surface area contributed by atoms with Crippen LogP contribution in [0, 0.1) is 5.92 Å². The largest absolute Gasteiger partial charge is 0.469 e. The van der Waals surface area contributed by atoms with Gasteiger partial charge in [0, 0.05) is 6.54 Å². The highest BCUT2D eigenvalue weighted by Crippen LogP contribution is 2.25. The van der Waals surface area contributed by atoms with Crippen molar-refractivity contribution in [2.75, 3.05) is 13.7 Å². The average Bonchev–Trinajstić information content (AvgIpc) is 2.33. The summed E-state index contributed by atoms with van der Waals surface area (Å²) in [5.41, 5.74) is -0.720. The molecule has 2 atom stereocenters. The number of methoxy groups -OCH3 is 1. The van der Waals surface area contributed by atoms with Gasteiger partial charge in [-0.2, -0.15) is 13.1 Å². The first-order valence-corrected chi connectivity index (χ1v) is 8.35. The Bertz CT molecular complexity index is 527. The summed E-state index contributed by atoms with van der Waals surface area (Å²) in [6.45, 7) is 5.26. The number of nitrogens with two attached hydrogens (primary N) is 1. The molecule has 10 heteroatoms. The van der Waals surface area contributed by atoms with Crippen LogP contribution in [0.1, 0.15) is 33.6 Å².